The number of nitrogens with one attached hydrogen (secondary N) is 1. The van der Waals surface area contributed by atoms with Crippen LogP contribution in [0.1, 0.15) is 18.5 Å². The number of benzene rings is 1. The molecule has 94 valence electrons. The van der Waals surface area contributed by atoms with Gasteiger partial charge in [-0.2, -0.15) is 0 Å². The Bertz CT molecular complexity index is 523. The molecule has 1 unspecified atom stereocenters. The second kappa shape index (κ2) is 4.87. The number of ether oxygens (including phenoxy) is 1. The van der Waals surface area contributed by atoms with E-state index in [1.807, 2.05) is 30.3 Å². The fourth-order valence-electron chi connectivity index (χ4n) is 1.85. The maximum absolute atomic E-state index is 11.1. The standard InChI is InChI=1S/C12H13N3O3/c1-8-11(15(16)17)10(14-12(13-8)18-2)9-6-4-3-5-7-9/h3-7,10H,1-2H3,(H,13,14). The van der Waals surface area contributed by atoms with Crippen molar-refractivity contribution in [3.8, 4) is 0 Å². The van der Waals surface area contributed by atoms with Crippen LogP contribution in [0.2, 0.25) is 0 Å². The van der Waals surface area contributed by atoms with Crippen molar-refractivity contribution in [3.05, 3.63) is 57.4 Å². The number of nitro groups is 1. The summed E-state index contributed by atoms with van der Waals surface area (Å²) >= 11 is 0. The molecule has 0 saturated carbocycles. The molecule has 18 heavy (non-hydrogen) atoms. The van der Waals surface area contributed by atoms with Gasteiger partial charge in [-0.15, -0.1) is 0 Å². The summed E-state index contributed by atoms with van der Waals surface area (Å²) in [6.07, 6.45) is 0. The highest BCUT2D eigenvalue weighted by molar-refractivity contribution is 5.77. The van der Waals surface area contributed by atoms with Gasteiger partial charge in [0.2, 0.25) is 0 Å². The third kappa shape index (κ3) is 2.17. The number of hydrogen-bond donors (Lipinski definition) is 1. The summed E-state index contributed by atoms with van der Waals surface area (Å²) in [5.41, 5.74) is 1.25. The smallest absolute Gasteiger partial charge is 0.294 e. The summed E-state index contributed by atoms with van der Waals surface area (Å²) in [7, 11) is 1.47. The Balaban J connectivity index is 2.48. The summed E-state index contributed by atoms with van der Waals surface area (Å²) < 4.78 is 5.02. The molecule has 1 aliphatic heterocycles. The van der Waals surface area contributed by atoms with E-state index in [0.717, 1.165) is 5.56 Å². The Morgan fingerprint density at radius 3 is 2.61 bits per heavy atom. The highest BCUT2D eigenvalue weighted by atomic mass is 16.6. The summed E-state index contributed by atoms with van der Waals surface area (Å²) in [5.74, 6) is 0. The predicted octanol–water partition coefficient (Wildman–Crippen LogP) is 1.84. The molecule has 1 atom stereocenters. The van der Waals surface area contributed by atoms with Crippen LogP contribution in [-0.4, -0.2) is 18.1 Å². The highest BCUT2D eigenvalue weighted by Crippen LogP contribution is 2.30. The number of aliphatic imine (C=N–C) groups is 1. The Morgan fingerprint density at radius 1 is 1.39 bits per heavy atom. The van der Waals surface area contributed by atoms with Crippen molar-refractivity contribution in [1.82, 2.24) is 5.32 Å². The average Bonchev–Trinajstić information content (AvgIpc) is 2.38. The minimum absolute atomic E-state index is 0.0435. The van der Waals surface area contributed by atoms with Crippen LogP contribution >= 0.6 is 0 Å². The second-order valence-corrected chi connectivity index (χ2v) is 3.84. The van der Waals surface area contributed by atoms with E-state index in [9.17, 15) is 10.1 Å². The van der Waals surface area contributed by atoms with Crippen LogP contribution in [0.5, 0.6) is 0 Å². The Hall–Kier alpha value is -2.37. The van der Waals surface area contributed by atoms with Gasteiger partial charge in [-0.1, -0.05) is 30.3 Å². The summed E-state index contributed by atoms with van der Waals surface area (Å²) in [5, 5.41) is 13.9. The van der Waals surface area contributed by atoms with Crippen molar-refractivity contribution in [2.45, 2.75) is 13.0 Å². The first-order valence-corrected chi connectivity index (χ1v) is 5.42. The van der Waals surface area contributed by atoms with Gasteiger partial charge in [-0.25, -0.2) is 4.99 Å². The number of methoxy groups -OCH3 is 1. The maximum atomic E-state index is 11.1. The molecule has 0 spiro atoms. The fraction of sp³-hybridized carbons (Fsp3) is 0.250. The van der Waals surface area contributed by atoms with Gasteiger partial charge < -0.3 is 10.1 Å². The summed E-state index contributed by atoms with van der Waals surface area (Å²) in [6.45, 7) is 1.64. The Kier molecular flexibility index (Phi) is 3.27. The van der Waals surface area contributed by atoms with Crippen LogP contribution < -0.4 is 5.32 Å². The third-order valence-corrected chi connectivity index (χ3v) is 2.69. The summed E-state index contributed by atoms with van der Waals surface area (Å²) in [4.78, 5) is 14.9. The number of allylic oxidation sites excluding steroid dienone is 1. The maximum Gasteiger partial charge on any atom is 0.294 e. The molecule has 1 heterocycles. The van der Waals surface area contributed by atoms with Crippen LogP contribution in [0, 0.1) is 10.1 Å². The second-order valence-electron chi connectivity index (χ2n) is 3.84. The van der Waals surface area contributed by atoms with Crippen LogP contribution in [0.3, 0.4) is 0 Å². The molecule has 0 saturated heterocycles. The molecular formula is C12H13N3O3. The molecule has 6 heteroatoms. The molecule has 0 bridgehead atoms. The lowest BCUT2D eigenvalue weighted by Gasteiger charge is -2.20. The number of nitrogens with zero attached hydrogens (tertiary/aromatic N) is 2. The molecule has 0 radical (unpaired) electrons. The predicted molar refractivity (Wildman–Crippen MR) is 66.5 cm³/mol. The first-order chi connectivity index (χ1) is 8.63. The Labute approximate surface area is 104 Å². The van der Waals surface area contributed by atoms with Gasteiger partial charge in [-0.3, -0.25) is 10.1 Å². The lowest BCUT2D eigenvalue weighted by molar-refractivity contribution is -0.432. The van der Waals surface area contributed by atoms with Crippen LogP contribution in [0.4, 0.5) is 0 Å². The van der Waals surface area contributed by atoms with E-state index >= 15 is 0 Å². The van der Waals surface area contributed by atoms with E-state index in [1.165, 1.54) is 7.11 Å². The van der Waals surface area contributed by atoms with E-state index in [-0.39, 0.29) is 11.7 Å². The van der Waals surface area contributed by atoms with Crippen LogP contribution in [0.15, 0.2) is 46.7 Å². The van der Waals surface area contributed by atoms with E-state index in [0.29, 0.717) is 5.70 Å². The molecule has 0 aromatic heterocycles. The molecule has 1 aromatic rings. The van der Waals surface area contributed by atoms with Crippen LogP contribution in [-0.2, 0) is 4.74 Å². The van der Waals surface area contributed by atoms with Crippen molar-refractivity contribution in [2.75, 3.05) is 7.11 Å². The molecule has 0 fully saturated rings. The molecule has 1 aliphatic rings. The van der Waals surface area contributed by atoms with Gasteiger partial charge in [0, 0.05) is 0 Å². The topological polar surface area (TPSA) is 76.8 Å². The SMILES string of the molecule is COC1=NC(c2ccccc2)C([N+](=O)[O-])=C(C)N1. The normalized spacial score (nSPS) is 19.0. The van der Waals surface area contributed by atoms with Gasteiger partial charge in [-0.05, 0) is 12.5 Å². The molecule has 6 nitrogen and oxygen atoms in total. The van der Waals surface area contributed by atoms with E-state index in [4.69, 9.17) is 4.74 Å². The van der Waals surface area contributed by atoms with Gasteiger partial charge in [0.05, 0.1) is 17.7 Å². The Morgan fingerprint density at radius 2 is 2.06 bits per heavy atom. The quantitative estimate of drug-likeness (QED) is 0.639. The summed E-state index contributed by atoms with van der Waals surface area (Å²) in [6, 6.07) is 8.77. The lowest BCUT2D eigenvalue weighted by atomic mass is 10.0. The number of amidine groups is 1. The third-order valence-electron chi connectivity index (χ3n) is 2.69. The zero-order chi connectivity index (χ0) is 13.1. The largest absolute Gasteiger partial charge is 0.468 e. The fourth-order valence-corrected chi connectivity index (χ4v) is 1.85. The van der Waals surface area contributed by atoms with Gasteiger partial charge in [0.15, 0.2) is 6.04 Å². The molecule has 1 aromatic carbocycles. The van der Waals surface area contributed by atoms with E-state index in [2.05, 4.69) is 10.3 Å². The monoisotopic (exact) mass is 247 g/mol. The molecule has 1 N–H and O–H groups in total. The number of hydrogen-bond acceptors (Lipinski definition) is 5. The zero-order valence-corrected chi connectivity index (χ0v) is 10.1. The van der Waals surface area contributed by atoms with Crippen molar-refractivity contribution in [1.29, 1.82) is 0 Å². The van der Waals surface area contributed by atoms with E-state index < -0.39 is 11.0 Å². The molecule has 2 rings (SSSR count). The molecular weight excluding hydrogens is 234 g/mol. The van der Waals surface area contributed by atoms with Gasteiger partial charge in [0.25, 0.3) is 11.7 Å². The van der Waals surface area contributed by atoms with E-state index in [1.54, 1.807) is 6.92 Å². The average molecular weight is 247 g/mol. The van der Waals surface area contributed by atoms with Crippen molar-refractivity contribution in [3.63, 3.8) is 0 Å². The minimum Gasteiger partial charge on any atom is -0.468 e. The first-order valence-electron chi connectivity index (χ1n) is 5.42. The van der Waals surface area contributed by atoms with Crippen molar-refractivity contribution < 1.29 is 9.66 Å². The lowest BCUT2D eigenvalue weighted by Crippen LogP contribution is -2.32. The van der Waals surface area contributed by atoms with Gasteiger partial charge in [0.1, 0.15) is 0 Å². The molecule has 0 aliphatic carbocycles. The molecule has 0 amide bonds. The minimum atomic E-state index is -0.641. The number of rotatable bonds is 2. The van der Waals surface area contributed by atoms with Crippen molar-refractivity contribution in [2.24, 2.45) is 4.99 Å². The highest BCUT2D eigenvalue weighted by Gasteiger charge is 2.33. The first kappa shape index (κ1) is 12.1. The van der Waals surface area contributed by atoms with Crippen molar-refractivity contribution >= 4 is 6.02 Å². The van der Waals surface area contributed by atoms with Crippen LogP contribution in [0.25, 0.3) is 0 Å². The zero-order valence-electron chi connectivity index (χ0n) is 10.1. The van der Waals surface area contributed by atoms with Gasteiger partial charge >= 0.3 is 0 Å².